The van der Waals surface area contributed by atoms with Crippen LogP contribution in [-0.4, -0.2) is 29.5 Å². The molecule has 1 fully saturated rings. The van der Waals surface area contributed by atoms with E-state index in [-0.39, 0.29) is 12.0 Å². The number of ether oxygens (including phenoxy) is 3. The minimum Gasteiger partial charge on any atom is -0.494 e. The van der Waals surface area contributed by atoms with Gasteiger partial charge in [-0.2, -0.15) is 0 Å². The highest BCUT2D eigenvalue weighted by molar-refractivity contribution is 8.27. The number of carbonyl (C=O) groups is 1. The molecule has 31 heavy (non-hydrogen) atoms. The summed E-state index contributed by atoms with van der Waals surface area (Å²) >= 11 is 6.77. The fourth-order valence-corrected chi connectivity index (χ4v) is 4.28. The number of benzene rings is 2. The first kappa shape index (κ1) is 23.2. The fourth-order valence-electron chi connectivity index (χ4n) is 2.98. The van der Waals surface area contributed by atoms with Gasteiger partial charge in [-0.25, -0.2) is 0 Å². The van der Waals surface area contributed by atoms with E-state index in [9.17, 15) is 4.79 Å². The molecule has 0 N–H and O–H groups in total. The maximum atomic E-state index is 13.1. The van der Waals surface area contributed by atoms with E-state index in [0.29, 0.717) is 33.9 Å². The Morgan fingerprint density at radius 1 is 1.03 bits per heavy atom. The third-order valence-corrected chi connectivity index (χ3v) is 5.97. The normalized spacial score (nSPS) is 16.0. The van der Waals surface area contributed by atoms with E-state index in [0.717, 1.165) is 23.4 Å². The van der Waals surface area contributed by atoms with Crippen LogP contribution >= 0.6 is 24.0 Å². The highest BCUT2D eigenvalue weighted by atomic mass is 32.2. The van der Waals surface area contributed by atoms with Gasteiger partial charge in [0.1, 0.15) is 5.75 Å². The number of hydrogen-bond donors (Lipinski definition) is 0. The Labute approximate surface area is 193 Å². The number of amides is 1. The van der Waals surface area contributed by atoms with Crippen LogP contribution in [0.3, 0.4) is 0 Å². The predicted molar refractivity (Wildman–Crippen MR) is 131 cm³/mol. The molecule has 5 nitrogen and oxygen atoms in total. The van der Waals surface area contributed by atoms with Crippen molar-refractivity contribution in [2.75, 3.05) is 18.1 Å². The first-order valence-corrected chi connectivity index (χ1v) is 11.6. The van der Waals surface area contributed by atoms with Crippen LogP contribution in [0, 0.1) is 0 Å². The molecular formula is C24H27NO4S2. The zero-order valence-corrected chi connectivity index (χ0v) is 19.8. The smallest absolute Gasteiger partial charge is 0.270 e. The second-order valence-electron chi connectivity index (χ2n) is 6.92. The second kappa shape index (κ2) is 10.7. The molecular weight excluding hydrogens is 430 g/mol. The van der Waals surface area contributed by atoms with Crippen molar-refractivity contribution in [3.8, 4) is 17.2 Å². The quantitative estimate of drug-likeness (QED) is 0.337. The molecule has 1 amide bonds. The van der Waals surface area contributed by atoms with Crippen molar-refractivity contribution in [2.45, 2.75) is 40.2 Å². The maximum absolute atomic E-state index is 13.1. The summed E-state index contributed by atoms with van der Waals surface area (Å²) in [5, 5.41) is 0. The summed E-state index contributed by atoms with van der Waals surface area (Å²) in [7, 11) is 0. The predicted octanol–water partition coefficient (Wildman–Crippen LogP) is 6.07. The molecule has 0 aromatic heterocycles. The fraction of sp³-hybridized carbons (Fsp3) is 0.333. The molecule has 1 saturated heterocycles. The van der Waals surface area contributed by atoms with Gasteiger partial charge in [-0.15, -0.1) is 0 Å². The molecule has 1 atom stereocenters. The number of thiocarbonyl (C=S) groups is 1. The van der Waals surface area contributed by atoms with Crippen molar-refractivity contribution in [1.82, 2.24) is 0 Å². The number of rotatable bonds is 9. The summed E-state index contributed by atoms with van der Waals surface area (Å²) in [6.07, 6.45) is 2.83. The van der Waals surface area contributed by atoms with Crippen molar-refractivity contribution in [3.63, 3.8) is 0 Å². The lowest BCUT2D eigenvalue weighted by molar-refractivity contribution is -0.113. The molecule has 3 rings (SSSR count). The summed E-state index contributed by atoms with van der Waals surface area (Å²) in [6, 6.07) is 13.1. The van der Waals surface area contributed by atoms with Gasteiger partial charge in [0, 0.05) is 0 Å². The molecule has 0 aliphatic carbocycles. The molecule has 2 aromatic carbocycles. The van der Waals surface area contributed by atoms with Crippen LogP contribution in [0.2, 0.25) is 0 Å². The number of thioether (sulfide) groups is 1. The Hall–Kier alpha value is -2.51. The Bertz CT molecular complexity index is 972. The van der Waals surface area contributed by atoms with Gasteiger partial charge in [0.2, 0.25) is 0 Å². The van der Waals surface area contributed by atoms with E-state index in [1.165, 1.54) is 11.8 Å². The topological polar surface area (TPSA) is 48.0 Å². The average molecular weight is 458 g/mol. The summed E-state index contributed by atoms with van der Waals surface area (Å²) in [5.41, 5.74) is 1.58. The zero-order chi connectivity index (χ0) is 22.4. The number of carbonyl (C=O) groups excluding carboxylic acids is 1. The molecule has 0 spiro atoms. The van der Waals surface area contributed by atoms with E-state index in [4.69, 9.17) is 26.4 Å². The Balaban J connectivity index is 1.84. The lowest BCUT2D eigenvalue weighted by Gasteiger charge is -2.16. The van der Waals surface area contributed by atoms with Gasteiger partial charge in [-0.1, -0.05) is 37.0 Å². The maximum Gasteiger partial charge on any atom is 0.270 e. The van der Waals surface area contributed by atoms with Crippen LogP contribution in [0.4, 0.5) is 5.69 Å². The summed E-state index contributed by atoms with van der Waals surface area (Å²) in [5.74, 6) is 1.99. The SMILES string of the molecule is CCOc1ccc(N2C(=O)/C(=C\c3ccc(O[C@@H](C)CC)c(OCC)c3)SC2=S)cc1. The lowest BCUT2D eigenvalue weighted by atomic mass is 10.1. The van der Waals surface area contributed by atoms with E-state index < -0.39 is 0 Å². The monoisotopic (exact) mass is 457 g/mol. The molecule has 0 unspecified atom stereocenters. The molecule has 0 radical (unpaired) electrons. The Morgan fingerprint density at radius 3 is 2.39 bits per heavy atom. The van der Waals surface area contributed by atoms with Crippen LogP contribution in [-0.2, 0) is 4.79 Å². The molecule has 1 aliphatic rings. The number of nitrogens with zero attached hydrogens (tertiary/aromatic N) is 1. The van der Waals surface area contributed by atoms with Gasteiger partial charge in [-0.05, 0) is 75.2 Å². The highest BCUT2D eigenvalue weighted by Crippen LogP contribution is 2.38. The Morgan fingerprint density at radius 2 is 1.74 bits per heavy atom. The first-order chi connectivity index (χ1) is 15.0. The van der Waals surface area contributed by atoms with E-state index >= 15 is 0 Å². The number of anilines is 1. The molecule has 1 aliphatic heterocycles. The van der Waals surface area contributed by atoms with E-state index in [1.54, 1.807) is 4.90 Å². The van der Waals surface area contributed by atoms with E-state index in [1.807, 2.05) is 69.3 Å². The zero-order valence-electron chi connectivity index (χ0n) is 18.2. The van der Waals surface area contributed by atoms with Crippen molar-refractivity contribution in [3.05, 3.63) is 52.9 Å². The minimum atomic E-state index is -0.142. The van der Waals surface area contributed by atoms with Crippen LogP contribution in [0.25, 0.3) is 6.08 Å². The van der Waals surface area contributed by atoms with Crippen LogP contribution in [0.5, 0.6) is 17.2 Å². The molecule has 0 bridgehead atoms. The standard InChI is InChI=1S/C24H27NO4S2/c1-5-16(4)29-20-13-8-17(14-21(20)28-7-3)15-22-23(26)25(24(30)31-22)18-9-11-19(12-10-18)27-6-2/h8-16H,5-7H2,1-4H3/b22-15+/t16-/m0/s1. The van der Waals surface area contributed by atoms with Crippen LogP contribution < -0.4 is 19.1 Å². The minimum absolute atomic E-state index is 0.0930. The molecule has 7 heteroatoms. The third-order valence-electron chi connectivity index (χ3n) is 4.67. The largest absolute Gasteiger partial charge is 0.494 e. The van der Waals surface area contributed by atoms with Gasteiger partial charge < -0.3 is 14.2 Å². The van der Waals surface area contributed by atoms with Crippen molar-refractivity contribution < 1.29 is 19.0 Å². The van der Waals surface area contributed by atoms with Crippen molar-refractivity contribution >= 4 is 46.0 Å². The van der Waals surface area contributed by atoms with Crippen molar-refractivity contribution in [2.24, 2.45) is 0 Å². The second-order valence-corrected chi connectivity index (χ2v) is 8.60. The summed E-state index contributed by atoms with van der Waals surface area (Å²) < 4.78 is 17.7. The van der Waals surface area contributed by atoms with Gasteiger partial charge in [0.15, 0.2) is 15.8 Å². The van der Waals surface area contributed by atoms with Gasteiger partial charge in [0.25, 0.3) is 5.91 Å². The summed E-state index contributed by atoms with van der Waals surface area (Å²) in [4.78, 5) is 15.2. The molecule has 164 valence electrons. The van der Waals surface area contributed by atoms with Gasteiger partial charge in [0.05, 0.1) is 29.9 Å². The molecule has 1 heterocycles. The lowest BCUT2D eigenvalue weighted by Crippen LogP contribution is -2.27. The number of hydrogen-bond acceptors (Lipinski definition) is 6. The average Bonchev–Trinajstić information content (AvgIpc) is 3.03. The van der Waals surface area contributed by atoms with Crippen molar-refractivity contribution in [1.29, 1.82) is 0 Å². The van der Waals surface area contributed by atoms with Crippen LogP contribution in [0.1, 0.15) is 39.7 Å². The summed E-state index contributed by atoms with van der Waals surface area (Å²) in [6.45, 7) is 9.08. The Kier molecular flexibility index (Phi) is 7.98. The van der Waals surface area contributed by atoms with Gasteiger partial charge >= 0.3 is 0 Å². The van der Waals surface area contributed by atoms with E-state index in [2.05, 4.69) is 6.92 Å². The third kappa shape index (κ3) is 5.60. The molecule has 0 saturated carbocycles. The highest BCUT2D eigenvalue weighted by Gasteiger charge is 2.33. The van der Waals surface area contributed by atoms with Crippen LogP contribution in [0.15, 0.2) is 47.4 Å². The molecule has 2 aromatic rings. The van der Waals surface area contributed by atoms with Gasteiger partial charge in [-0.3, -0.25) is 9.69 Å². The first-order valence-electron chi connectivity index (χ1n) is 10.4.